The van der Waals surface area contributed by atoms with Crippen LogP contribution in [0.15, 0.2) is 39.7 Å². The average Bonchev–Trinajstić information content (AvgIpc) is 2.36. The number of aromatic nitrogens is 2. The quantitative estimate of drug-likeness (QED) is 0.521. The van der Waals surface area contributed by atoms with Crippen LogP contribution in [0.5, 0.6) is 0 Å². The van der Waals surface area contributed by atoms with Crippen LogP contribution >= 0.6 is 39.3 Å². The Morgan fingerprint density at radius 3 is 2.70 bits per heavy atom. The zero-order valence-electron chi connectivity index (χ0n) is 11.4. The predicted octanol–water partition coefficient (Wildman–Crippen LogP) is 5.38. The van der Waals surface area contributed by atoms with E-state index >= 15 is 0 Å². The van der Waals surface area contributed by atoms with Crippen molar-refractivity contribution in [2.24, 2.45) is 5.92 Å². The molecule has 1 aromatic heterocycles. The molecule has 106 valence electrons. The molecule has 0 unspecified atom stereocenters. The third kappa shape index (κ3) is 4.76. The molecular weight excluding hydrogens is 356 g/mol. The van der Waals surface area contributed by atoms with Crippen molar-refractivity contribution in [1.82, 2.24) is 9.97 Å². The van der Waals surface area contributed by atoms with Gasteiger partial charge in [0.05, 0.1) is 5.75 Å². The minimum atomic E-state index is 0.526. The molecule has 0 fully saturated rings. The van der Waals surface area contributed by atoms with Gasteiger partial charge in [-0.05, 0) is 46.5 Å². The van der Waals surface area contributed by atoms with E-state index in [1.54, 1.807) is 11.8 Å². The van der Waals surface area contributed by atoms with Crippen molar-refractivity contribution in [3.05, 3.63) is 51.5 Å². The van der Waals surface area contributed by atoms with E-state index in [0.29, 0.717) is 16.8 Å². The summed E-state index contributed by atoms with van der Waals surface area (Å²) in [5.74, 6) is 2.06. The van der Waals surface area contributed by atoms with Gasteiger partial charge in [0.1, 0.15) is 11.0 Å². The molecule has 0 saturated carbocycles. The van der Waals surface area contributed by atoms with Crippen molar-refractivity contribution in [2.75, 3.05) is 0 Å². The van der Waals surface area contributed by atoms with E-state index in [0.717, 1.165) is 22.4 Å². The van der Waals surface area contributed by atoms with Gasteiger partial charge in [-0.15, -0.1) is 11.8 Å². The van der Waals surface area contributed by atoms with Crippen LogP contribution in [0, 0.1) is 5.92 Å². The van der Waals surface area contributed by atoms with Gasteiger partial charge in [-0.2, -0.15) is 0 Å². The third-order valence-electron chi connectivity index (χ3n) is 2.61. The highest BCUT2D eigenvalue weighted by Gasteiger charge is 2.07. The van der Waals surface area contributed by atoms with Gasteiger partial charge in [-0.3, -0.25) is 0 Å². The van der Waals surface area contributed by atoms with Crippen LogP contribution in [0.2, 0.25) is 5.15 Å². The molecule has 20 heavy (non-hydrogen) atoms. The summed E-state index contributed by atoms with van der Waals surface area (Å²) in [4.78, 5) is 10.1. The molecule has 0 aliphatic heterocycles. The Balaban J connectivity index is 2.09. The van der Waals surface area contributed by atoms with Gasteiger partial charge in [0.2, 0.25) is 0 Å². The number of rotatable bonds is 5. The zero-order chi connectivity index (χ0) is 14.5. The number of benzene rings is 1. The lowest BCUT2D eigenvalue weighted by Crippen LogP contribution is -2.02. The second-order valence-corrected chi connectivity index (χ2v) is 7.17. The van der Waals surface area contributed by atoms with Crippen molar-refractivity contribution in [3.63, 3.8) is 0 Å². The minimum absolute atomic E-state index is 0.526. The summed E-state index contributed by atoms with van der Waals surface area (Å²) in [7, 11) is 0. The maximum absolute atomic E-state index is 6.08. The van der Waals surface area contributed by atoms with Gasteiger partial charge in [0, 0.05) is 15.1 Å². The fourth-order valence-corrected chi connectivity index (χ4v) is 3.45. The summed E-state index contributed by atoms with van der Waals surface area (Å²) >= 11 is 11.3. The highest BCUT2D eigenvalue weighted by atomic mass is 79.9. The Hall–Kier alpha value is -0.580. The molecular formula is C15H16BrClN2S. The second-order valence-electron chi connectivity index (χ2n) is 4.92. The normalized spacial score (nSPS) is 11.1. The van der Waals surface area contributed by atoms with Crippen molar-refractivity contribution >= 4 is 39.3 Å². The number of hydrogen-bond acceptors (Lipinski definition) is 3. The molecule has 0 spiro atoms. The largest absolute Gasteiger partial charge is 0.237 e. The maximum atomic E-state index is 6.08. The first-order valence-electron chi connectivity index (χ1n) is 6.44. The summed E-state index contributed by atoms with van der Waals surface area (Å²) in [6.07, 6.45) is 0.926. The molecule has 1 aromatic carbocycles. The van der Waals surface area contributed by atoms with E-state index in [-0.39, 0.29) is 0 Å². The van der Waals surface area contributed by atoms with Crippen LogP contribution in [0.25, 0.3) is 0 Å². The molecule has 0 N–H and O–H groups in total. The monoisotopic (exact) mass is 370 g/mol. The molecule has 0 bridgehead atoms. The van der Waals surface area contributed by atoms with E-state index in [4.69, 9.17) is 11.6 Å². The highest BCUT2D eigenvalue weighted by molar-refractivity contribution is 9.10. The van der Waals surface area contributed by atoms with Crippen LogP contribution < -0.4 is 0 Å². The van der Waals surface area contributed by atoms with Gasteiger partial charge in [-0.1, -0.05) is 37.6 Å². The van der Waals surface area contributed by atoms with Gasteiger partial charge >= 0.3 is 0 Å². The molecule has 5 heteroatoms. The van der Waals surface area contributed by atoms with Gasteiger partial charge in [0.25, 0.3) is 0 Å². The van der Waals surface area contributed by atoms with E-state index < -0.39 is 0 Å². The highest BCUT2D eigenvalue weighted by Crippen LogP contribution is 2.29. The molecule has 2 nitrogen and oxygen atoms in total. The Kier molecular flexibility index (Phi) is 5.87. The molecule has 0 saturated heterocycles. The van der Waals surface area contributed by atoms with E-state index in [9.17, 15) is 0 Å². The minimum Gasteiger partial charge on any atom is -0.237 e. The van der Waals surface area contributed by atoms with E-state index in [2.05, 4.69) is 45.8 Å². The lowest BCUT2D eigenvalue weighted by Gasteiger charge is -2.08. The Labute approximate surface area is 137 Å². The first-order chi connectivity index (χ1) is 9.54. The average molecular weight is 372 g/mol. The van der Waals surface area contributed by atoms with Crippen molar-refractivity contribution in [2.45, 2.75) is 30.9 Å². The maximum Gasteiger partial charge on any atom is 0.140 e. The van der Waals surface area contributed by atoms with Gasteiger partial charge < -0.3 is 0 Å². The summed E-state index contributed by atoms with van der Waals surface area (Å²) < 4.78 is 1.09. The zero-order valence-corrected chi connectivity index (χ0v) is 14.6. The van der Waals surface area contributed by atoms with Crippen molar-refractivity contribution in [1.29, 1.82) is 0 Å². The molecule has 2 aromatic rings. The first kappa shape index (κ1) is 15.8. The van der Waals surface area contributed by atoms with Gasteiger partial charge in [0.15, 0.2) is 0 Å². The molecule has 2 rings (SSSR count). The molecule has 0 radical (unpaired) electrons. The number of thioether (sulfide) groups is 1. The van der Waals surface area contributed by atoms with Gasteiger partial charge in [-0.25, -0.2) is 9.97 Å². The van der Waals surface area contributed by atoms with Crippen molar-refractivity contribution < 1.29 is 0 Å². The Bertz CT molecular complexity index is 590. The van der Waals surface area contributed by atoms with Crippen LogP contribution in [0.3, 0.4) is 0 Å². The van der Waals surface area contributed by atoms with E-state index in [1.165, 1.54) is 4.90 Å². The van der Waals surface area contributed by atoms with Crippen LogP contribution in [-0.4, -0.2) is 9.97 Å². The van der Waals surface area contributed by atoms with Crippen LogP contribution in [0.4, 0.5) is 0 Å². The number of nitrogens with zero attached hydrogens (tertiary/aromatic N) is 2. The summed E-state index contributed by atoms with van der Waals surface area (Å²) in [6.45, 7) is 4.34. The standard InChI is InChI=1S/C15H16BrClN2S/c1-10(2)7-11-8-14(17)19-15(18-11)9-20-13-6-4-3-5-12(13)16/h3-6,8,10H,7,9H2,1-2H3. The van der Waals surface area contributed by atoms with E-state index in [1.807, 2.05) is 24.3 Å². The second kappa shape index (κ2) is 7.43. The van der Waals surface area contributed by atoms with Crippen LogP contribution in [0.1, 0.15) is 25.4 Å². The lowest BCUT2D eigenvalue weighted by molar-refractivity contribution is 0.632. The predicted molar refractivity (Wildman–Crippen MR) is 89.3 cm³/mol. The number of hydrogen-bond donors (Lipinski definition) is 0. The van der Waals surface area contributed by atoms with Crippen LogP contribution in [-0.2, 0) is 12.2 Å². The van der Waals surface area contributed by atoms with Crippen molar-refractivity contribution in [3.8, 4) is 0 Å². The SMILES string of the molecule is CC(C)Cc1cc(Cl)nc(CSc2ccccc2Br)n1. The summed E-state index contributed by atoms with van der Waals surface area (Å²) in [6, 6.07) is 9.99. The molecule has 1 heterocycles. The lowest BCUT2D eigenvalue weighted by atomic mass is 10.1. The number of halogens is 2. The molecule has 0 aliphatic carbocycles. The Morgan fingerprint density at radius 2 is 2.00 bits per heavy atom. The topological polar surface area (TPSA) is 25.8 Å². The Morgan fingerprint density at radius 1 is 1.25 bits per heavy atom. The molecule has 0 atom stereocenters. The summed E-state index contributed by atoms with van der Waals surface area (Å²) in [5, 5.41) is 0.526. The molecule has 0 aliphatic rings. The fourth-order valence-electron chi connectivity index (χ4n) is 1.81. The first-order valence-corrected chi connectivity index (χ1v) is 8.60. The summed E-state index contributed by atoms with van der Waals surface area (Å²) in [5.41, 5.74) is 1.02. The fraction of sp³-hybridized carbons (Fsp3) is 0.333. The smallest absolute Gasteiger partial charge is 0.140 e. The molecule has 0 amide bonds. The third-order valence-corrected chi connectivity index (χ3v) is 4.82.